The van der Waals surface area contributed by atoms with Gasteiger partial charge in [-0.25, -0.2) is 0 Å². The van der Waals surface area contributed by atoms with E-state index >= 15 is 0 Å². The van der Waals surface area contributed by atoms with Crippen LogP contribution in [0.1, 0.15) is 18.4 Å². The minimum atomic E-state index is -0.359. The van der Waals surface area contributed by atoms with Gasteiger partial charge in [0.25, 0.3) is 5.69 Å². The number of hydrogen-bond donors (Lipinski definition) is 0. The van der Waals surface area contributed by atoms with Gasteiger partial charge in [0.2, 0.25) is 0 Å². The molecule has 0 radical (unpaired) electrons. The van der Waals surface area contributed by atoms with Gasteiger partial charge < -0.3 is 4.74 Å². The summed E-state index contributed by atoms with van der Waals surface area (Å²) in [5.41, 5.74) is 1.07. The van der Waals surface area contributed by atoms with Crippen LogP contribution in [0.2, 0.25) is 0 Å². The van der Waals surface area contributed by atoms with Gasteiger partial charge in [0.15, 0.2) is 0 Å². The molecule has 1 aromatic rings. The second-order valence-electron chi connectivity index (χ2n) is 4.77. The molecule has 1 aliphatic heterocycles. The summed E-state index contributed by atoms with van der Waals surface area (Å²) in [5.74, 6) is 0. The number of rotatable bonds is 4. The van der Waals surface area contributed by atoms with E-state index in [0.717, 1.165) is 31.6 Å². The summed E-state index contributed by atoms with van der Waals surface area (Å²) in [5, 5.41) is 10.9. The first-order chi connectivity index (χ1) is 9.09. The Balaban J connectivity index is 2.10. The summed E-state index contributed by atoms with van der Waals surface area (Å²) in [6.07, 6.45) is 2.03. The highest BCUT2D eigenvalue weighted by molar-refractivity contribution is 9.10. The van der Waals surface area contributed by atoms with Gasteiger partial charge in [-0.05, 0) is 41.4 Å². The third-order valence-electron chi connectivity index (χ3n) is 3.49. The SMILES string of the molecule is CN(Cc1cccc([N+](=O)[O-])c1Br)C1CCOCC1. The lowest BCUT2D eigenvalue weighted by atomic mass is 10.1. The Morgan fingerprint density at radius 3 is 2.79 bits per heavy atom. The van der Waals surface area contributed by atoms with E-state index in [9.17, 15) is 10.1 Å². The number of hydrogen-bond acceptors (Lipinski definition) is 4. The number of nitrogens with zero attached hydrogens (tertiary/aromatic N) is 2. The van der Waals surface area contributed by atoms with Crippen LogP contribution < -0.4 is 0 Å². The number of nitro benzene ring substituents is 1. The van der Waals surface area contributed by atoms with Crippen LogP contribution in [0, 0.1) is 10.1 Å². The van der Waals surface area contributed by atoms with Crippen LogP contribution in [-0.2, 0) is 11.3 Å². The van der Waals surface area contributed by atoms with E-state index in [4.69, 9.17) is 4.74 Å². The molecule has 1 heterocycles. The molecule has 5 nitrogen and oxygen atoms in total. The molecule has 2 rings (SSSR count). The summed E-state index contributed by atoms with van der Waals surface area (Å²) < 4.78 is 5.93. The molecule has 1 saturated heterocycles. The van der Waals surface area contributed by atoms with Crippen LogP contribution in [0.4, 0.5) is 5.69 Å². The van der Waals surface area contributed by atoms with Gasteiger partial charge in [-0.15, -0.1) is 0 Å². The Bertz CT molecular complexity index is 461. The smallest absolute Gasteiger partial charge is 0.283 e. The fraction of sp³-hybridized carbons (Fsp3) is 0.538. The van der Waals surface area contributed by atoms with Crippen LogP contribution in [-0.4, -0.2) is 36.1 Å². The minimum Gasteiger partial charge on any atom is -0.381 e. The Kier molecular flexibility index (Phi) is 4.90. The first-order valence-electron chi connectivity index (χ1n) is 6.29. The van der Waals surface area contributed by atoms with Crippen molar-refractivity contribution in [2.75, 3.05) is 20.3 Å². The molecule has 0 unspecified atom stereocenters. The van der Waals surface area contributed by atoms with Crippen molar-refractivity contribution in [3.05, 3.63) is 38.3 Å². The van der Waals surface area contributed by atoms with E-state index in [1.165, 1.54) is 6.07 Å². The molecule has 0 aromatic heterocycles. The third kappa shape index (κ3) is 3.52. The molecule has 0 aliphatic carbocycles. The maximum atomic E-state index is 10.9. The molecular weight excluding hydrogens is 312 g/mol. The molecular formula is C13H17BrN2O3. The number of benzene rings is 1. The normalized spacial score (nSPS) is 16.8. The number of halogens is 1. The Hall–Kier alpha value is -0.980. The van der Waals surface area contributed by atoms with Gasteiger partial charge in [0.05, 0.1) is 9.40 Å². The molecule has 6 heteroatoms. The summed E-state index contributed by atoms with van der Waals surface area (Å²) in [7, 11) is 2.06. The van der Waals surface area contributed by atoms with Gasteiger partial charge >= 0.3 is 0 Å². The molecule has 19 heavy (non-hydrogen) atoms. The molecule has 0 N–H and O–H groups in total. The molecule has 0 amide bonds. The lowest BCUT2D eigenvalue weighted by Crippen LogP contribution is -2.36. The van der Waals surface area contributed by atoms with E-state index in [1.54, 1.807) is 6.07 Å². The Labute approximate surface area is 120 Å². The van der Waals surface area contributed by atoms with Crippen molar-refractivity contribution >= 4 is 21.6 Å². The Morgan fingerprint density at radius 2 is 2.16 bits per heavy atom. The summed E-state index contributed by atoms with van der Waals surface area (Å²) in [6.45, 7) is 2.29. The summed E-state index contributed by atoms with van der Waals surface area (Å²) in [6, 6.07) is 5.66. The van der Waals surface area contributed by atoms with Crippen molar-refractivity contribution in [2.24, 2.45) is 0 Å². The predicted octanol–water partition coefficient (Wildman–Crippen LogP) is 2.97. The minimum absolute atomic E-state index is 0.123. The molecule has 0 saturated carbocycles. The van der Waals surface area contributed by atoms with E-state index in [2.05, 4.69) is 27.9 Å². The third-order valence-corrected chi connectivity index (χ3v) is 4.40. The molecule has 0 bridgehead atoms. The first kappa shape index (κ1) is 14.4. The monoisotopic (exact) mass is 328 g/mol. The summed E-state index contributed by atoms with van der Waals surface area (Å²) >= 11 is 3.34. The van der Waals surface area contributed by atoms with Crippen LogP contribution in [0.5, 0.6) is 0 Å². The summed E-state index contributed by atoms with van der Waals surface area (Å²) in [4.78, 5) is 12.8. The predicted molar refractivity (Wildman–Crippen MR) is 76.1 cm³/mol. The van der Waals surface area contributed by atoms with Crippen molar-refractivity contribution in [1.29, 1.82) is 0 Å². The largest absolute Gasteiger partial charge is 0.381 e. The van der Waals surface area contributed by atoms with Crippen LogP contribution in [0.25, 0.3) is 0 Å². The number of ether oxygens (including phenoxy) is 1. The zero-order valence-electron chi connectivity index (χ0n) is 10.8. The molecule has 1 fully saturated rings. The highest BCUT2D eigenvalue weighted by atomic mass is 79.9. The zero-order valence-corrected chi connectivity index (χ0v) is 12.4. The first-order valence-corrected chi connectivity index (χ1v) is 7.08. The van der Waals surface area contributed by atoms with E-state index in [0.29, 0.717) is 17.1 Å². The van der Waals surface area contributed by atoms with Gasteiger partial charge in [-0.2, -0.15) is 0 Å². The van der Waals surface area contributed by atoms with Crippen LogP contribution in [0.3, 0.4) is 0 Å². The van der Waals surface area contributed by atoms with Crippen molar-refractivity contribution in [3.63, 3.8) is 0 Å². The number of nitro groups is 1. The fourth-order valence-electron chi connectivity index (χ4n) is 2.35. The molecule has 1 aliphatic rings. The second-order valence-corrected chi connectivity index (χ2v) is 5.56. The maximum Gasteiger partial charge on any atom is 0.283 e. The molecule has 0 atom stereocenters. The van der Waals surface area contributed by atoms with Crippen molar-refractivity contribution in [2.45, 2.75) is 25.4 Å². The molecule has 0 spiro atoms. The lowest BCUT2D eigenvalue weighted by molar-refractivity contribution is -0.385. The van der Waals surface area contributed by atoms with E-state index in [-0.39, 0.29) is 10.6 Å². The molecule has 104 valence electrons. The highest BCUT2D eigenvalue weighted by Crippen LogP contribution is 2.29. The van der Waals surface area contributed by atoms with Gasteiger partial charge in [0, 0.05) is 31.9 Å². The van der Waals surface area contributed by atoms with Gasteiger partial charge in [0.1, 0.15) is 0 Å². The standard InChI is InChI=1S/C13H17BrN2O3/c1-15(11-5-7-19-8-6-11)9-10-3-2-4-12(13(10)14)16(17)18/h2-4,11H,5-9H2,1H3. The van der Waals surface area contributed by atoms with Crippen LogP contribution >= 0.6 is 15.9 Å². The van der Waals surface area contributed by atoms with Crippen molar-refractivity contribution in [3.8, 4) is 0 Å². The Morgan fingerprint density at radius 1 is 1.47 bits per heavy atom. The fourth-order valence-corrected chi connectivity index (χ4v) is 2.89. The van der Waals surface area contributed by atoms with Crippen molar-refractivity contribution < 1.29 is 9.66 Å². The van der Waals surface area contributed by atoms with Crippen molar-refractivity contribution in [1.82, 2.24) is 4.90 Å². The average molecular weight is 329 g/mol. The molecule has 1 aromatic carbocycles. The van der Waals surface area contributed by atoms with E-state index < -0.39 is 0 Å². The highest BCUT2D eigenvalue weighted by Gasteiger charge is 2.21. The van der Waals surface area contributed by atoms with Gasteiger partial charge in [-0.1, -0.05) is 12.1 Å². The quantitative estimate of drug-likeness (QED) is 0.629. The zero-order chi connectivity index (χ0) is 13.8. The second kappa shape index (κ2) is 6.45. The topological polar surface area (TPSA) is 55.6 Å². The lowest BCUT2D eigenvalue weighted by Gasteiger charge is -2.31. The maximum absolute atomic E-state index is 10.9. The van der Waals surface area contributed by atoms with E-state index in [1.807, 2.05) is 6.07 Å². The van der Waals surface area contributed by atoms with Gasteiger partial charge in [-0.3, -0.25) is 15.0 Å². The van der Waals surface area contributed by atoms with Crippen LogP contribution in [0.15, 0.2) is 22.7 Å². The average Bonchev–Trinajstić information content (AvgIpc) is 2.41.